The molecule has 0 unspecified atom stereocenters. The molecule has 2 heterocycles. The minimum Gasteiger partial charge on any atom is -0.505 e. The highest BCUT2D eigenvalue weighted by Crippen LogP contribution is 2.38. The van der Waals surface area contributed by atoms with Crippen LogP contribution in [0.4, 0.5) is 0 Å². The molecular weight excluding hydrogens is 498 g/mol. The largest absolute Gasteiger partial charge is 0.505 e. The van der Waals surface area contributed by atoms with Crippen LogP contribution in [0.3, 0.4) is 0 Å². The minimum atomic E-state index is -0.716. The third kappa shape index (κ3) is 4.33. The second kappa shape index (κ2) is 9.95. The summed E-state index contributed by atoms with van der Waals surface area (Å²) in [5.41, 5.74) is 1.14. The maximum atomic E-state index is 13.7. The van der Waals surface area contributed by atoms with Crippen LogP contribution in [-0.4, -0.2) is 9.67 Å². The van der Waals surface area contributed by atoms with Gasteiger partial charge in [-0.25, -0.2) is 4.79 Å². The van der Waals surface area contributed by atoms with E-state index in [-0.39, 0.29) is 15.9 Å². The zero-order valence-electron chi connectivity index (χ0n) is 20.0. The van der Waals surface area contributed by atoms with Gasteiger partial charge in [0.25, 0.3) is 5.56 Å². The van der Waals surface area contributed by atoms with Gasteiger partial charge >= 0.3 is 5.63 Å². The summed E-state index contributed by atoms with van der Waals surface area (Å²) in [7, 11) is 0. The molecule has 0 amide bonds. The van der Waals surface area contributed by atoms with Crippen LogP contribution in [-0.2, 0) is 6.61 Å². The van der Waals surface area contributed by atoms with Crippen LogP contribution in [0, 0.1) is 0 Å². The second-order valence-electron chi connectivity index (χ2n) is 8.61. The Bertz CT molecular complexity index is 1880. The number of hydrogen-bond donors (Lipinski definition) is 1. The number of pyridine rings is 1. The summed E-state index contributed by atoms with van der Waals surface area (Å²) in [6, 6.07) is 33.3. The molecule has 0 saturated carbocycles. The standard InChI is InChI=1S/C31H21NO5S/c33-27-26-28(24-13-7-8-14-25(24)32(30(26)34)21-11-5-2-6-12-21)37-31(35)29(27)38-23-17-15-22(16-18-23)36-19-20-9-3-1-4-10-20/h1-18,33H,19H2. The Labute approximate surface area is 221 Å². The molecule has 6 nitrogen and oxygen atoms in total. The van der Waals surface area contributed by atoms with Gasteiger partial charge in [0, 0.05) is 16.0 Å². The number of nitrogens with zero attached hydrogens (tertiary/aromatic N) is 1. The van der Waals surface area contributed by atoms with Crippen molar-refractivity contribution in [2.75, 3.05) is 0 Å². The van der Waals surface area contributed by atoms with Gasteiger partial charge in [-0.2, -0.15) is 0 Å². The fourth-order valence-corrected chi connectivity index (χ4v) is 5.20. The topological polar surface area (TPSA) is 81.7 Å². The van der Waals surface area contributed by atoms with E-state index in [0.717, 1.165) is 17.3 Å². The van der Waals surface area contributed by atoms with Gasteiger partial charge in [-0.3, -0.25) is 9.36 Å². The van der Waals surface area contributed by atoms with Gasteiger partial charge in [-0.15, -0.1) is 0 Å². The van der Waals surface area contributed by atoms with E-state index in [1.54, 1.807) is 42.5 Å². The number of rotatable bonds is 6. The Morgan fingerprint density at radius 1 is 0.789 bits per heavy atom. The number of aromatic hydroxyl groups is 1. The highest BCUT2D eigenvalue weighted by atomic mass is 32.2. The van der Waals surface area contributed by atoms with Crippen LogP contribution in [0.2, 0.25) is 0 Å². The SMILES string of the molecule is O=c1oc2c(c(O)c1Sc1ccc(OCc3ccccc3)cc1)c(=O)n(-c1ccccc1)c1ccccc21. The Morgan fingerprint density at radius 2 is 1.45 bits per heavy atom. The van der Waals surface area contributed by atoms with Crippen molar-refractivity contribution in [3.63, 3.8) is 0 Å². The molecule has 2 aromatic heterocycles. The van der Waals surface area contributed by atoms with Crippen molar-refractivity contribution in [1.29, 1.82) is 0 Å². The van der Waals surface area contributed by atoms with Crippen LogP contribution in [0.1, 0.15) is 5.56 Å². The third-order valence-electron chi connectivity index (χ3n) is 6.17. The quantitative estimate of drug-likeness (QED) is 0.252. The average Bonchev–Trinajstić information content (AvgIpc) is 2.96. The maximum Gasteiger partial charge on any atom is 0.354 e. The molecule has 0 bridgehead atoms. The molecule has 0 radical (unpaired) electrons. The zero-order chi connectivity index (χ0) is 26.1. The summed E-state index contributed by atoms with van der Waals surface area (Å²) in [6.07, 6.45) is 0. The van der Waals surface area contributed by atoms with Gasteiger partial charge in [0.1, 0.15) is 22.6 Å². The zero-order valence-corrected chi connectivity index (χ0v) is 20.9. The van der Waals surface area contributed by atoms with Crippen molar-refractivity contribution in [2.45, 2.75) is 16.4 Å². The summed E-state index contributed by atoms with van der Waals surface area (Å²) in [5.74, 6) is 0.274. The highest BCUT2D eigenvalue weighted by Gasteiger charge is 2.22. The summed E-state index contributed by atoms with van der Waals surface area (Å²) >= 11 is 1.03. The smallest absolute Gasteiger partial charge is 0.354 e. The first kappa shape index (κ1) is 23.6. The summed E-state index contributed by atoms with van der Waals surface area (Å²) in [6.45, 7) is 0.435. The van der Waals surface area contributed by atoms with Gasteiger partial charge in [0.15, 0.2) is 11.3 Å². The van der Waals surface area contributed by atoms with Crippen molar-refractivity contribution in [2.24, 2.45) is 0 Å². The van der Waals surface area contributed by atoms with Crippen molar-refractivity contribution < 1.29 is 14.3 Å². The van der Waals surface area contributed by atoms with Gasteiger partial charge in [-0.05, 0) is 54.1 Å². The van der Waals surface area contributed by atoms with Gasteiger partial charge in [-0.1, -0.05) is 72.4 Å². The molecule has 38 heavy (non-hydrogen) atoms. The molecule has 6 rings (SSSR count). The molecule has 0 aliphatic heterocycles. The van der Waals surface area contributed by atoms with Crippen molar-refractivity contribution in [1.82, 2.24) is 4.57 Å². The van der Waals surface area contributed by atoms with E-state index in [1.807, 2.05) is 66.7 Å². The lowest BCUT2D eigenvalue weighted by Crippen LogP contribution is -2.20. The average molecular weight is 520 g/mol. The second-order valence-corrected chi connectivity index (χ2v) is 9.70. The van der Waals surface area contributed by atoms with Gasteiger partial charge < -0.3 is 14.3 Å². The van der Waals surface area contributed by atoms with E-state index in [0.29, 0.717) is 33.8 Å². The van der Waals surface area contributed by atoms with E-state index in [1.165, 1.54) is 4.57 Å². The van der Waals surface area contributed by atoms with E-state index >= 15 is 0 Å². The number of aromatic nitrogens is 1. The molecule has 0 atom stereocenters. The van der Waals surface area contributed by atoms with Crippen molar-refractivity contribution in [3.05, 3.63) is 136 Å². The lowest BCUT2D eigenvalue weighted by molar-refractivity contribution is 0.306. The molecule has 6 aromatic rings. The molecular formula is C31H21NO5S. The van der Waals surface area contributed by atoms with Crippen LogP contribution >= 0.6 is 11.8 Å². The fourth-order valence-electron chi connectivity index (χ4n) is 4.36. The summed E-state index contributed by atoms with van der Waals surface area (Å²) in [4.78, 5) is 27.4. The Morgan fingerprint density at radius 3 is 2.18 bits per heavy atom. The van der Waals surface area contributed by atoms with Crippen molar-refractivity contribution >= 4 is 33.6 Å². The first-order chi connectivity index (χ1) is 18.6. The fraction of sp³-hybridized carbons (Fsp3) is 0.0323. The molecule has 0 aliphatic rings. The maximum absolute atomic E-state index is 13.7. The Balaban J connectivity index is 1.40. The molecule has 0 aliphatic carbocycles. The molecule has 186 valence electrons. The predicted octanol–water partition coefficient (Wildman–Crippen LogP) is 6.53. The first-order valence-corrected chi connectivity index (χ1v) is 12.8. The number of hydrogen-bond acceptors (Lipinski definition) is 6. The third-order valence-corrected chi connectivity index (χ3v) is 7.24. The van der Waals surface area contributed by atoms with E-state index < -0.39 is 16.9 Å². The molecule has 0 spiro atoms. The lowest BCUT2D eigenvalue weighted by Gasteiger charge is -2.14. The number of para-hydroxylation sites is 2. The first-order valence-electron chi connectivity index (χ1n) is 11.9. The monoisotopic (exact) mass is 519 g/mol. The number of fused-ring (bicyclic) bond motifs is 3. The Kier molecular flexibility index (Phi) is 6.19. The number of benzene rings is 4. The van der Waals surface area contributed by atoms with Crippen molar-refractivity contribution in [3.8, 4) is 17.2 Å². The summed E-state index contributed by atoms with van der Waals surface area (Å²) in [5, 5.41) is 11.8. The number of ether oxygens (including phenoxy) is 1. The Hall–Kier alpha value is -4.75. The molecule has 0 fully saturated rings. The molecule has 7 heteroatoms. The molecule has 4 aromatic carbocycles. The van der Waals surface area contributed by atoms with Crippen LogP contribution in [0.15, 0.2) is 133 Å². The van der Waals surface area contributed by atoms with Crippen LogP contribution in [0.5, 0.6) is 11.5 Å². The summed E-state index contributed by atoms with van der Waals surface area (Å²) < 4.78 is 13.0. The minimum absolute atomic E-state index is 0.0440. The normalized spacial score (nSPS) is 11.2. The lowest BCUT2D eigenvalue weighted by atomic mass is 10.1. The van der Waals surface area contributed by atoms with Gasteiger partial charge in [0.05, 0.1) is 5.52 Å². The van der Waals surface area contributed by atoms with E-state index in [9.17, 15) is 14.7 Å². The van der Waals surface area contributed by atoms with Crippen LogP contribution in [0.25, 0.3) is 27.6 Å². The van der Waals surface area contributed by atoms with Gasteiger partial charge in [0.2, 0.25) is 0 Å². The molecule has 0 saturated heterocycles. The highest BCUT2D eigenvalue weighted by molar-refractivity contribution is 7.99. The molecule has 1 N–H and O–H groups in total. The van der Waals surface area contributed by atoms with Crippen LogP contribution < -0.4 is 15.9 Å². The van der Waals surface area contributed by atoms with E-state index in [2.05, 4.69) is 0 Å². The van der Waals surface area contributed by atoms with E-state index in [4.69, 9.17) is 9.15 Å². The predicted molar refractivity (Wildman–Crippen MR) is 149 cm³/mol.